The first-order valence-electron chi connectivity index (χ1n) is 11.8. The zero-order chi connectivity index (χ0) is 22.7. The maximum absolute atomic E-state index is 6.27. The molecule has 0 saturated carbocycles. The van der Waals surface area contributed by atoms with Crippen LogP contribution in [0.2, 0.25) is 5.02 Å². The van der Waals surface area contributed by atoms with E-state index in [1.54, 1.807) is 0 Å². The van der Waals surface area contributed by atoms with Crippen molar-refractivity contribution in [3.8, 4) is 11.5 Å². The molecule has 1 aliphatic heterocycles. The second-order valence-electron chi connectivity index (χ2n) is 8.49. The minimum atomic E-state index is 0.605. The highest BCUT2D eigenvalue weighted by Gasteiger charge is 2.16. The molecule has 3 aromatic rings. The van der Waals surface area contributed by atoms with Crippen molar-refractivity contribution in [1.82, 2.24) is 9.80 Å². The third-order valence-electron chi connectivity index (χ3n) is 6.04. The van der Waals surface area contributed by atoms with Crippen LogP contribution in [0, 0.1) is 0 Å². The number of para-hydroxylation sites is 1. The first-order valence-corrected chi connectivity index (χ1v) is 12.2. The Morgan fingerprint density at radius 2 is 1.42 bits per heavy atom. The van der Waals surface area contributed by atoms with E-state index in [2.05, 4.69) is 28.0 Å². The molecule has 0 spiro atoms. The van der Waals surface area contributed by atoms with E-state index < -0.39 is 0 Å². The van der Waals surface area contributed by atoms with E-state index in [0.717, 1.165) is 80.8 Å². The van der Waals surface area contributed by atoms with Crippen molar-refractivity contribution in [2.24, 2.45) is 0 Å². The molecule has 0 aromatic heterocycles. The van der Waals surface area contributed by atoms with Crippen LogP contribution in [0.15, 0.2) is 78.9 Å². The normalized spacial score (nSPS) is 14.9. The molecule has 0 unspecified atom stereocenters. The molecule has 0 radical (unpaired) electrons. The van der Waals surface area contributed by atoms with E-state index in [1.807, 2.05) is 60.7 Å². The Hall–Kier alpha value is -2.37. The predicted octanol–water partition coefficient (Wildman–Crippen LogP) is 5.90. The van der Waals surface area contributed by atoms with Gasteiger partial charge in [0.05, 0.1) is 13.2 Å². The molecule has 3 aromatic carbocycles. The van der Waals surface area contributed by atoms with Gasteiger partial charge < -0.3 is 14.4 Å². The van der Waals surface area contributed by atoms with Crippen LogP contribution in [0.25, 0.3) is 0 Å². The standard InChI is InChI=1S/C28H33ClN2O2/c29-28-14-5-4-9-25(28)10-7-15-30-16-18-31(19-17-30)20-21-32-23-24-8-6-13-27(22-24)33-26-11-2-1-3-12-26/h1-6,8-9,11-14,22H,7,10,15-21,23H2. The maximum Gasteiger partial charge on any atom is 0.127 e. The number of halogens is 1. The lowest BCUT2D eigenvalue weighted by Gasteiger charge is -2.34. The van der Waals surface area contributed by atoms with Gasteiger partial charge in [-0.15, -0.1) is 0 Å². The first-order chi connectivity index (χ1) is 16.3. The van der Waals surface area contributed by atoms with Gasteiger partial charge in [0.1, 0.15) is 11.5 Å². The van der Waals surface area contributed by atoms with Crippen LogP contribution in [-0.4, -0.2) is 55.7 Å². The first kappa shape index (κ1) is 23.8. The van der Waals surface area contributed by atoms with Crippen LogP contribution < -0.4 is 4.74 Å². The van der Waals surface area contributed by atoms with E-state index in [-0.39, 0.29) is 0 Å². The van der Waals surface area contributed by atoms with Crippen LogP contribution in [0.4, 0.5) is 0 Å². The Labute approximate surface area is 202 Å². The highest BCUT2D eigenvalue weighted by molar-refractivity contribution is 6.31. The third kappa shape index (κ3) is 7.86. The van der Waals surface area contributed by atoms with Gasteiger partial charge in [-0.05, 0) is 60.8 Å². The van der Waals surface area contributed by atoms with Gasteiger partial charge in [0, 0.05) is 37.7 Å². The van der Waals surface area contributed by atoms with Crippen LogP contribution in [0.1, 0.15) is 17.5 Å². The quantitative estimate of drug-likeness (QED) is 0.330. The maximum atomic E-state index is 6.27. The average molecular weight is 465 g/mol. The van der Waals surface area contributed by atoms with Crippen molar-refractivity contribution >= 4 is 11.6 Å². The summed E-state index contributed by atoms with van der Waals surface area (Å²) in [4.78, 5) is 5.06. The SMILES string of the molecule is Clc1ccccc1CCCN1CCN(CCOCc2cccc(Oc3ccccc3)c2)CC1. The zero-order valence-corrected chi connectivity index (χ0v) is 19.9. The third-order valence-corrected chi connectivity index (χ3v) is 6.41. The monoisotopic (exact) mass is 464 g/mol. The number of piperazine rings is 1. The molecule has 0 N–H and O–H groups in total. The number of hydrogen-bond acceptors (Lipinski definition) is 4. The van der Waals surface area contributed by atoms with Gasteiger partial charge in [-0.3, -0.25) is 4.90 Å². The summed E-state index contributed by atoms with van der Waals surface area (Å²) in [7, 11) is 0. The van der Waals surface area contributed by atoms with E-state index in [1.165, 1.54) is 5.56 Å². The zero-order valence-electron chi connectivity index (χ0n) is 19.2. The molecule has 0 aliphatic carbocycles. The summed E-state index contributed by atoms with van der Waals surface area (Å²) >= 11 is 6.27. The topological polar surface area (TPSA) is 24.9 Å². The summed E-state index contributed by atoms with van der Waals surface area (Å²) in [5.41, 5.74) is 2.39. The number of ether oxygens (including phenoxy) is 2. The van der Waals surface area contributed by atoms with Crippen LogP contribution in [-0.2, 0) is 17.8 Å². The number of aryl methyl sites for hydroxylation is 1. The summed E-state index contributed by atoms with van der Waals surface area (Å²) in [6.45, 7) is 7.93. The van der Waals surface area contributed by atoms with Crippen molar-refractivity contribution in [1.29, 1.82) is 0 Å². The molecule has 174 valence electrons. The Kier molecular flexibility index (Phi) is 9.19. The Morgan fingerprint density at radius 3 is 2.21 bits per heavy atom. The fourth-order valence-corrected chi connectivity index (χ4v) is 4.37. The summed E-state index contributed by atoms with van der Waals surface area (Å²) in [5.74, 6) is 1.69. The van der Waals surface area contributed by atoms with Gasteiger partial charge >= 0.3 is 0 Å². The van der Waals surface area contributed by atoms with Gasteiger partial charge in [-0.2, -0.15) is 0 Å². The van der Waals surface area contributed by atoms with E-state index >= 15 is 0 Å². The molecule has 4 rings (SSSR count). The summed E-state index contributed by atoms with van der Waals surface area (Å²) < 4.78 is 11.9. The molecular formula is C28H33ClN2O2. The lowest BCUT2D eigenvalue weighted by Crippen LogP contribution is -2.47. The van der Waals surface area contributed by atoms with Gasteiger partial charge in [-0.1, -0.05) is 60.1 Å². The summed E-state index contributed by atoms with van der Waals surface area (Å²) in [5, 5.41) is 0.887. The molecule has 1 saturated heterocycles. The predicted molar refractivity (Wildman–Crippen MR) is 135 cm³/mol. The highest BCUT2D eigenvalue weighted by atomic mass is 35.5. The number of benzene rings is 3. The van der Waals surface area contributed by atoms with Crippen molar-refractivity contribution in [2.45, 2.75) is 19.4 Å². The number of nitrogens with zero attached hydrogens (tertiary/aromatic N) is 2. The molecule has 4 nitrogen and oxygen atoms in total. The molecule has 0 amide bonds. The van der Waals surface area contributed by atoms with Gasteiger partial charge in [0.25, 0.3) is 0 Å². The van der Waals surface area contributed by atoms with Crippen molar-refractivity contribution in [3.63, 3.8) is 0 Å². The molecule has 1 fully saturated rings. The van der Waals surface area contributed by atoms with Crippen molar-refractivity contribution < 1.29 is 9.47 Å². The van der Waals surface area contributed by atoms with Crippen LogP contribution in [0.3, 0.4) is 0 Å². The molecule has 5 heteroatoms. The lowest BCUT2D eigenvalue weighted by atomic mass is 10.1. The summed E-state index contributed by atoms with van der Waals surface area (Å²) in [6.07, 6.45) is 2.20. The van der Waals surface area contributed by atoms with E-state index in [4.69, 9.17) is 21.1 Å². The van der Waals surface area contributed by atoms with Gasteiger partial charge in [0.2, 0.25) is 0 Å². The molecule has 1 heterocycles. The molecule has 33 heavy (non-hydrogen) atoms. The minimum absolute atomic E-state index is 0.605. The van der Waals surface area contributed by atoms with E-state index in [0.29, 0.717) is 6.61 Å². The second kappa shape index (κ2) is 12.8. The number of hydrogen-bond donors (Lipinski definition) is 0. The average Bonchev–Trinajstić information content (AvgIpc) is 2.85. The molecular weight excluding hydrogens is 432 g/mol. The second-order valence-corrected chi connectivity index (χ2v) is 8.90. The van der Waals surface area contributed by atoms with Gasteiger partial charge in [0.15, 0.2) is 0 Å². The lowest BCUT2D eigenvalue weighted by molar-refractivity contribution is 0.0682. The largest absolute Gasteiger partial charge is 0.457 e. The smallest absolute Gasteiger partial charge is 0.127 e. The molecule has 1 aliphatic rings. The van der Waals surface area contributed by atoms with E-state index in [9.17, 15) is 0 Å². The Balaban J connectivity index is 1.09. The Morgan fingerprint density at radius 1 is 0.727 bits per heavy atom. The fraction of sp³-hybridized carbons (Fsp3) is 0.357. The summed E-state index contributed by atoms with van der Waals surface area (Å²) in [6, 6.07) is 26.2. The van der Waals surface area contributed by atoms with Crippen molar-refractivity contribution in [2.75, 3.05) is 45.9 Å². The molecule has 0 bridgehead atoms. The van der Waals surface area contributed by atoms with Crippen LogP contribution in [0.5, 0.6) is 11.5 Å². The van der Waals surface area contributed by atoms with Gasteiger partial charge in [-0.25, -0.2) is 0 Å². The van der Waals surface area contributed by atoms with Crippen molar-refractivity contribution in [3.05, 3.63) is 95.0 Å². The van der Waals surface area contributed by atoms with Crippen LogP contribution >= 0.6 is 11.6 Å². The Bertz CT molecular complexity index is 974. The minimum Gasteiger partial charge on any atom is -0.457 e. The number of rotatable bonds is 11. The highest BCUT2D eigenvalue weighted by Crippen LogP contribution is 2.22. The fourth-order valence-electron chi connectivity index (χ4n) is 4.14. The molecule has 0 atom stereocenters.